The highest BCUT2D eigenvalue weighted by Gasteiger charge is 2.38. The molecule has 4 atom stereocenters. The van der Waals surface area contributed by atoms with Crippen molar-refractivity contribution in [1.29, 1.82) is 0 Å². The largest absolute Gasteiger partial charge is 0.399 e. The van der Waals surface area contributed by atoms with E-state index in [1.54, 1.807) is 0 Å². The second kappa shape index (κ2) is 4.70. The van der Waals surface area contributed by atoms with Crippen LogP contribution in [0.25, 0.3) is 0 Å². The lowest BCUT2D eigenvalue weighted by molar-refractivity contribution is -0.230. The summed E-state index contributed by atoms with van der Waals surface area (Å²) in [6.07, 6.45) is -5.51. The first kappa shape index (κ1) is 12.8. The predicted molar refractivity (Wildman–Crippen MR) is 45.0 cm³/mol. The van der Waals surface area contributed by atoms with E-state index in [1.165, 1.54) is 0 Å². The zero-order valence-electron chi connectivity index (χ0n) is 7.55. The van der Waals surface area contributed by atoms with Crippen LogP contribution in [0.4, 0.5) is 0 Å². The van der Waals surface area contributed by atoms with Gasteiger partial charge in [0.25, 0.3) is 0 Å². The van der Waals surface area contributed by atoms with Crippen molar-refractivity contribution in [2.24, 2.45) is 0 Å². The molecule has 1 fully saturated rings. The van der Waals surface area contributed by atoms with Crippen LogP contribution in [0.5, 0.6) is 0 Å². The van der Waals surface area contributed by atoms with E-state index in [2.05, 4.69) is 4.18 Å². The quantitative estimate of drug-likeness (QED) is 0.405. The molecule has 0 aromatic rings. The van der Waals surface area contributed by atoms with E-state index in [-0.39, 0.29) is 6.42 Å². The molecule has 0 radical (unpaired) electrons. The summed E-state index contributed by atoms with van der Waals surface area (Å²) in [6.45, 7) is -0.608. The zero-order valence-corrected chi connectivity index (χ0v) is 8.37. The molecule has 1 aliphatic heterocycles. The third-order valence-corrected chi connectivity index (χ3v) is 2.40. The highest BCUT2D eigenvalue weighted by atomic mass is 32.3. The van der Waals surface area contributed by atoms with Crippen molar-refractivity contribution < 1.29 is 37.2 Å². The van der Waals surface area contributed by atoms with Gasteiger partial charge in [0.1, 0.15) is 12.2 Å². The average molecular weight is 244 g/mol. The van der Waals surface area contributed by atoms with Crippen molar-refractivity contribution in [3.8, 4) is 0 Å². The fourth-order valence-electron chi connectivity index (χ4n) is 1.26. The fraction of sp³-hybridized carbons (Fsp3) is 1.00. The Balaban J connectivity index is 2.63. The van der Waals surface area contributed by atoms with Crippen molar-refractivity contribution in [3.05, 3.63) is 0 Å². The molecule has 0 aromatic heterocycles. The molecule has 1 rings (SSSR count). The highest BCUT2D eigenvalue weighted by Crippen LogP contribution is 2.21. The Kier molecular flexibility index (Phi) is 4.00. The van der Waals surface area contributed by atoms with Crippen LogP contribution < -0.4 is 0 Å². The summed E-state index contributed by atoms with van der Waals surface area (Å²) in [5.74, 6) is 0. The average Bonchev–Trinajstić information content (AvgIpc) is 2.08. The van der Waals surface area contributed by atoms with E-state index in [9.17, 15) is 18.6 Å². The summed E-state index contributed by atoms with van der Waals surface area (Å²) in [5, 5.41) is 27.2. The van der Waals surface area contributed by atoms with Crippen LogP contribution in [0.1, 0.15) is 6.42 Å². The molecule has 0 bridgehead atoms. The van der Waals surface area contributed by atoms with E-state index < -0.39 is 41.6 Å². The summed E-state index contributed by atoms with van der Waals surface area (Å²) >= 11 is 0. The van der Waals surface area contributed by atoms with E-state index in [0.29, 0.717) is 0 Å². The van der Waals surface area contributed by atoms with Gasteiger partial charge in [-0.05, 0) is 0 Å². The smallest absolute Gasteiger partial charge is 0.394 e. The first-order valence-corrected chi connectivity index (χ1v) is 5.48. The summed E-state index contributed by atoms with van der Waals surface area (Å²) in [4.78, 5) is 0. The van der Waals surface area contributed by atoms with Crippen LogP contribution in [0.15, 0.2) is 0 Å². The Morgan fingerprint density at radius 2 is 2.00 bits per heavy atom. The molecule has 8 nitrogen and oxygen atoms in total. The van der Waals surface area contributed by atoms with Crippen molar-refractivity contribution in [2.45, 2.75) is 31.0 Å². The molecule has 0 aliphatic carbocycles. The van der Waals surface area contributed by atoms with Gasteiger partial charge >= 0.3 is 10.4 Å². The Morgan fingerprint density at radius 3 is 2.47 bits per heavy atom. The van der Waals surface area contributed by atoms with Crippen LogP contribution >= 0.6 is 0 Å². The van der Waals surface area contributed by atoms with Crippen LogP contribution in [0, 0.1) is 0 Å². The number of aliphatic hydroxyl groups is 3. The molecule has 1 saturated heterocycles. The monoisotopic (exact) mass is 244 g/mol. The lowest BCUT2D eigenvalue weighted by Crippen LogP contribution is -2.50. The summed E-state index contributed by atoms with van der Waals surface area (Å²) in [5.41, 5.74) is 0. The first-order valence-electron chi connectivity index (χ1n) is 4.11. The van der Waals surface area contributed by atoms with Gasteiger partial charge in [0.2, 0.25) is 0 Å². The van der Waals surface area contributed by atoms with Gasteiger partial charge in [-0.1, -0.05) is 0 Å². The molecule has 0 amide bonds. The second-order valence-corrected chi connectivity index (χ2v) is 4.15. The van der Waals surface area contributed by atoms with Crippen LogP contribution in [-0.4, -0.2) is 59.5 Å². The van der Waals surface area contributed by atoms with Gasteiger partial charge in [0, 0.05) is 6.42 Å². The topological polar surface area (TPSA) is 134 Å². The molecule has 9 heteroatoms. The van der Waals surface area contributed by atoms with E-state index in [4.69, 9.17) is 14.4 Å². The lowest BCUT2D eigenvalue weighted by Gasteiger charge is -2.34. The maximum atomic E-state index is 10.3. The summed E-state index contributed by atoms with van der Waals surface area (Å²) in [6, 6.07) is 0. The Labute approximate surface area is 86.0 Å². The standard InChI is InChI=1S/C6H12O8S/c7-2-4-6(9)3(8)1-5(13-4)14-15(10,11)12/h3-9H,1-2H2,(H,10,11,12)/t3-,4-,5?,6+/m1/s1. The van der Waals surface area contributed by atoms with Crippen molar-refractivity contribution >= 4 is 10.4 Å². The summed E-state index contributed by atoms with van der Waals surface area (Å²) < 4.78 is 37.8. The van der Waals surface area contributed by atoms with Gasteiger partial charge in [-0.25, -0.2) is 4.18 Å². The first-order chi connectivity index (χ1) is 6.83. The molecule has 1 aliphatic rings. The number of ether oxygens (including phenoxy) is 1. The lowest BCUT2D eigenvalue weighted by atomic mass is 10.0. The Morgan fingerprint density at radius 1 is 1.40 bits per heavy atom. The maximum Gasteiger partial charge on any atom is 0.399 e. The van der Waals surface area contributed by atoms with E-state index >= 15 is 0 Å². The van der Waals surface area contributed by atoms with Crippen molar-refractivity contribution in [3.63, 3.8) is 0 Å². The van der Waals surface area contributed by atoms with Gasteiger partial charge in [-0.3, -0.25) is 4.55 Å². The van der Waals surface area contributed by atoms with Crippen LogP contribution in [0.2, 0.25) is 0 Å². The SMILES string of the molecule is O=S(=O)(O)OC1C[C@@H](O)[C@H](O)[C@@H](CO)O1. The Hall–Kier alpha value is -0.290. The van der Waals surface area contributed by atoms with Crippen LogP contribution in [-0.2, 0) is 19.3 Å². The third kappa shape index (κ3) is 3.65. The molecule has 90 valence electrons. The van der Waals surface area contributed by atoms with Gasteiger partial charge < -0.3 is 20.1 Å². The van der Waals surface area contributed by atoms with Gasteiger partial charge in [-0.15, -0.1) is 0 Å². The molecular formula is C6H12O8S. The zero-order chi connectivity index (χ0) is 11.6. The molecule has 0 aromatic carbocycles. The number of aliphatic hydroxyl groups excluding tert-OH is 3. The minimum atomic E-state index is -4.70. The predicted octanol–water partition coefficient (Wildman–Crippen LogP) is -2.37. The van der Waals surface area contributed by atoms with E-state index in [0.717, 1.165) is 0 Å². The molecule has 0 saturated carbocycles. The van der Waals surface area contributed by atoms with E-state index in [1.807, 2.05) is 0 Å². The minimum Gasteiger partial charge on any atom is -0.394 e. The summed E-state index contributed by atoms with van der Waals surface area (Å²) in [7, 11) is -4.70. The molecular weight excluding hydrogens is 232 g/mol. The van der Waals surface area contributed by atoms with Crippen LogP contribution in [0.3, 0.4) is 0 Å². The number of rotatable bonds is 3. The molecule has 1 unspecified atom stereocenters. The number of hydrogen-bond acceptors (Lipinski definition) is 7. The number of hydrogen-bond donors (Lipinski definition) is 4. The fourth-order valence-corrected chi connectivity index (χ4v) is 1.66. The van der Waals surface area contributed by atoms with Crippen molar-refractivity contribution in [2.75, 3.05) is 6.61 Å². The molecule has 4 N–H and O–H groups in total. The maximum absolute atomic E-state index is 10.3. The van der Waals surface area contributed by atoms with Crippen molar-refractivity contribution in [1.82, 2.24) is 0 Å². The third-order valence-electron chi connectivity index (χ3n) is 1.94. The molecule has 0 spiro atoms. The van der Waals surface area contributed by atoms with Gasteiger partial charge in [-0.2, -0.15) is 8.42 Å². The van der Waals surface area contributed by atoms with Gasteiger partial charge in [0.05, 0.1) is 12.7 Å². The molecule has 15 heavy (non-hydrogen) atoms. The molecule has 1 heterocycles. The van der Waals surface area contributed by atoms with Gasteiger partial charge in [0.15, 0.2) is 6.29 Å². The highest BCUT2D eigenvalue weighted by molar-refractivity contribution is 7.80. The minimum absolute atomic E-state index is 0.322. The normalized spacial score (nSPS) is 37.9. The Bertz CT molecular complexity index is 300. The second-order valence-electron chi connectivity index (χ2n) is 3.10.